The molecule has 1 rings (SSSR count). The normalized spacial score (nSPS) is 14.7. The topological polar surface area (TPSA) is 55.1 Å². The Bertz CT molecular complexity index is 409. The Hall–Kier alpha value is -1.35. The summed E-state index contributed by atoms with van der Waals surface area (Å²) in [7, 11) is 0. The zero-order valence-electron chi connectivity index (χ0n) is 13.1. The molecule has 1 aromatic carbocycles. The van der Waals surface area contributed by atoms with Gasteiger partial charge < -0.3 is 11.1 Å². The Morgan fingerprint density at radius 2 is 1.85 bits per heavy atom. The van der Waals surface area contributed by atoms with Crippen molar-refractivity contribution >= 4 is 5.91 Å². The van der Waals surface area contributed by atoms with Crippen LogP contribution in [0.25, 0.3) is 0 Å². The van der Waals surface area contributed by atoms with Crippen molar-refractivity contribution in [2.45, 2.75) is 46.6 Å². The van der Waals surface area contributed by atoms with E-state index < -0.39 is 0 Å². The van der Waals surface area contributed by atoms with Gasteiger partial charge in [-0.25, -0.2) is 0 Å². The summed E-state index contributed by atoms with van der Waals surface area (Å²) >= 11 is 0. The van der Waals surface area contributed by atoms with E-state index >= 15 is 0 Å². The Labute approximate surface area is 122 Å². The second-order valence-electron chi connectivity index (χ2n) is 6.44. The van der Waals surface area contributed by atoms with E-state index in [1.165, 1.54) is 0 Å². The molecule has 3 N–H and O–H groups in total. The first kappa shape index (κ1) is 16.7. The summed E-state index contributed by atoms with van der Waals surface area (Å²) in [4.78, 5) is 12.4. The molecule has 112 valence electrons. The van der Waals surface area contributed by atoms with Gasteiger partial charge in [0.2, 0.25) is 5.91 Å². The van der Waals surface area contributed by atoms with Gasteiger partial charge in [0.05, 0.1) is 12.0 Å². The molecule has 2 atom stereocenters. The molecule has 0 radical (unpaired) electrons. The second kappa shape index (κ2) is 7.44. The van der Waals surface area contributed by atoms with Crippen LogP contribution in [-0.4, -0.2) is 12.5 Å². The van der Waals surface area contributed by atoms with Crippen molar-refractivity contribution in [2.75, 3.05) is 6.54 Å². The lowest BCUT2D eigenvalue weighted by Gasteiger charge is -2.33. The number of hydrogen-bond donors (Lipinski definition) is 2. The van der Waals surface area contributed by atoms with Gasteiger partial charge in [0.1, 0.15) is 0 Å². The zero-order valence-corrected chi connectivity index (χ0v) is 13.1. The van der Waals surface area contributed by atoms with Gasteiger partial charge >= 0.3 is 0 Å². The molecule has 0 spiro atoms. The van der Waals surface area contributed by atoms with Crippen LogP contribution in [0.4, 0.5) is 0 Å². The molecule has 3 heteroatoms. The molecule has 0 fully saturated rings. The molecular formula is C17H28N2O. The quantitative estimate of drug-likeness (QED) is 0.838. The van der Waals surface area contributed by atoms with Crippen molar-refractivity contribution in [3.8, 4) is 0 Å². The van der Waals surface area contributed by atoms with Crippen molar-refractivity contribution < 1.29 is 4.79 Å². The summed E-state index contributed by atoms with van der Waals surface area (Å²) in [6.07, 6.45) is 1.81. The molecule has 20 heavy (non-hydrogen) atoms. The molecule has 3 nitrogen and oxygen atoms in total. The predicted molar refractivity (Wildman–Crippen MR) is 84.2 cm³/mol. The molecular weight excluding hydrogens is 248 g/mol. The second-order valence-corrected chi connectivity index (χ2v) is 6.44. The molecule has 0 saturated heterocycles. The van der Waals surface area contributed by atoms with Gasteiger partial charge in [0, 0.05) is 6.54 Å². The summed E-state index contributed by atoms with van der Waals surface area (Å²) < 4.78 is 0. The lowest BCUT2D eigenvalue weighted by molar-refractivity contribution is -0.126. The highest BCUT2D eigenvalue weighted by Crippen LogP contribution is 2.32. The van der Waals surface area contributed by atoms with E-state index in [2.05, 4.69) is 45.1 Å². The molecule has 0 bridgehead atoms. The Morgan fingerprint density at radius 3 is 2.30 bits per heavy atom. The van der Waals surface area contributed by atoms with E-state index in [9.17, 15) is 4.79 Å². The first-order valence-corrected chi connectivity index (χ1v) is 7.45. The highest BCUT2D eigenvalue weighted by atomic mass is 16.2. The number of carbonyl (C=O) groups excluding carboxylic acids is 1. The van der Waals surface area contributed by atoms with E-state index in [1.54, 1.807) is 0 Å². The molecule has 2 unspecified atom stereocenters. The van der Waals surface area contributed by atoms with Crippen molar-refractivity contribution in [2.24, 2.45) is 17.1 Å². The lowest BCUT2D eigenvalue weighted by Crippen LogP contribution is -2.41. The third-order valence-electron chi connectivity index (χ3n) is 3.58. The minimum atomic E-state index is -0.0893. The van der Waals surface area contributed by atoms with Crippen molar-refractivity contribution in [3.63, 3.8) is 0 Å². The minimum absolute atomic E-state index is 0.00195. The van der Waals surface area contributed by atoms with Crippen LogP contribution in [0.3, 0.4) is 0 Å². The Kier molecular flexibility index (Phi) is 6.21. The number of benzene rings is 1. The third-order valence-corrected chi connectivity index (χ3v) is 3.58. The highest BCUT2D eigenvalue weighted by molar-refractivity contribution is 5.79. The van der Waals surface area contributed by atoms with Gasteiger partial charge in [-0.3, -0.25) is 4.79 Å². The average molecular weight is 276 g/mol. The zero-order chi connectivity index (χ0) is 15.2. The van der Waals surface area contributed by atoms with E-state index in [-0.39, 0.29) is 23.3 Å². The van der Waals surface area contributed by atoms with Crippen LogP contribution >= 0.6 is 0 Å². The van der Waals surface area contributed by atoms with Gasteiger partial charge in [-0.05, 0) is 17.4 Å². The third kappa shape index (κ3) is 4.64. The summed E-state index contributed by atoms with van der Waals surface area (Å²) in [5.74, 6) is -0.0216. The highest BCUT2D eigenvalue weighted by Gasteiger charge is 2.29. The summed E-state index contributed by atoms with van der Waals surface area (Å²) in [5, 5.41) is 3.19. The fourth-order valence-corrected chi connectivity index (χ4v) is 2.41. The Morgan fingerprint density at radius 1 is 1.25 bits per heavy atom. The number of hydrogen-bond acceptors (Lipinski definition) is 2. The van der Waals surface area contributed by atoms with E-state index in [4.69, 9.17) is 5.73 Å². The molecule has 1 amide bonds. The van der Waals surface area contributed by atoms with Crippen LogP contribution in [0.5, 0.6) is 0 Å². The van der Waals surface area contributed by atoms with Crippen molar-refractivity contribution in [1.29, 1.82) is 0 Å². The minimum Gasteiger partial charge on any atom is -0.348 e. The van der Waals surface area contributed by atoms with Gasteiger partial charge in [-0.1, -0.05) is 64.4 Å². The lowest BCUT2D eigenvalue weighted by atomic mass is 9.82. The summed E-state index contributed by atoms with van der Waals surface area (Å²) in [6, 6.07) is 10.1. The smallest absolute Gasteiger partial charge is 0.224 e. The molecule has 0 aliphatic carbocycles. The van der Waals surface area contributed by atoms with Gasteiger partial charge in [-0.2, -0.15) is 0 Å². The number of nitrogens with one attached hydrogen (secondary N) is 1. The van der Waals surface area contributed by atoms with E-state index in [1.807, 2.05) is 18.2 Å². The van der Waals surface area contributed by atoms with Gasteiger partial charge in [0.15, 0.2) is 0 Å². The number of carbonyl (C=O) groups is 1. The fourth-order valence-electron chi connectivity index (χ4n) is 2.41. The van der Waals surface area contributed by atoms with Crippen LogP contribution in [0.1, 0.15) is 52.1 Å². The maximum atomic E-state index is 12.4. The van der Waals surface area contributed by atoms with Crippen LogP contribution in [0, 0.1) is 11.3 Å². The van der Waals surface area contributed by atoms with Crippen LogP contribution in [-0.2, 0) is 4.79 Å². The number of nitrogens with two attached hydrogens (primary N) is 1. The van der Waals surface area contributed by atoms with E-state index in [0.717, 1.165) is 18.4 Å². The van der Waals surface area contributed by atoms with Crippen molar-refractivity contribution in [3.05, 3.63) is 35.9 Å². The van der Waals surface area contributed by atoms with Gasteiger partial charge in [-0.15, -0.1) is 0 Å². The molecule has 0 heterocycles. The number of rotatable bonds is 6. The van der Waals surface area contributed by atoms with Crippen molar-refractivity contribution in [1.82, 2.24) is 5.32 Å². The average Bonchev–Trinajstić information content (AvgIpc) is 2.41. The van der Waals surface area contributed by atoms with Crippen LogP contribution in [0.15, 0.2) is 30.3 Å². The van der Waals surface area contributed by atoms with Crippen LogP contribution < -0.4 is 11.1 Å². The largest absolute Gasteiger partial charge is 0.348 e. The van der Waals surface area contributed by atoms with E-state index in [0.29, 0.717) is 6.54 Å². The summed E-state index contributed by atoms with van der Waals surface area (Å²) in [5.41, 5.74) is 6.82. The number of amides is 1. The predicted octanol–water partition coefficient (Wildman–Crippen LogP) is 3.27. The first-order chi connectivity index (χ1) is 9.40. The summed E-state index contributed by atoms with van der Waals surface area (Å²) in [6.45, 7) is 8.91. The maximum Gasteiger partial charge on any atom is 0.224 e. The Balaban J connectivity index is 2.89. The standard InChI is InChI=1S/C17H28N2O/c1-5-9-14(12-18)16(20)19-15(17(2,3)4)13-10-7-6-8-11-13/h6-8,10-11,14-15H,5,9,12,18H2,1-4H3,(H,19,20). The fraction of sp³-hybridized carbons (Fsp3) is 0.588. The maximum absolute atomic E-state index is 12.4. The van der Waals surface area contributed by atoms with Gasteiger partial charge in [0.25, 0.3) is 0 Å². The molecule has 0 aromatic heterocycles. The molecule has 0 aliphatic rings. The molecule has 1 aromatic rings. The SMILES string of the molecule is CCCC(CN)C(=O)NC(c1ccccc1)C(C)(C)C. The first-order valence-electron chi connectivity index (χ1n) is 7.45. The molecule has 0 aliphatic heterocycles. The van der Waals surface area contributed by atoms with Crippen LogP contribution in [0.2, 0.25) is 0 Å². The molecule has 0 saturated carbocycles. The monoisotopic (exact) mass is 276 g/mol.